The van der Waals surface area contributed by atoms with Gasteiger partial charge in [0.05, 0.1) is 6.61 Å². The van der Waals surface area contributed by atoms with E-state index in [1.54, 1.807) is 67.6 Å². The van der Waals surface area contributed by atoms with Crippen LogP contribution in [-0.2, 0) is 25.5 Å². The third kappa shape index (κ3) is 7.66. The second-order valence-electron chi connectivity index (χ2n) is 7.82. The number of aliphatic hydroxyl groups is 2. The van der Waals surface area contributed by atoms with E-state index < -0.39 is 36.0 Å². The van der Waals surface area contributed by atoms with Crippen molar-refractivity contribution in [3.63, 3.8) is 0 Å². The van der Waals surface area contributed by atoms with Crippen LogP contribution in [0.15, 0.2) is 84.9 Å². The summed E-state index contributed by atoms with van der Waals surface area (Å²) in [4.78, 5) is 37.3. The van der Waals surface area contributed by atoms with Crippen molar-refractivity contribution in [3.05, 3.63) is 90.5 Å². The van der Waals surface area contributed by atoms with Gasteiger partial charge in [0.15, 0.2) is 12.2 Å². The number of rotatable bonds is 11. The van der Waals surface area contributed by atoms with Gasteiger partial charge in [0, 0.05) is 12.1 Å². The number of anilines is 1. The van der Waals surface area contributed by atoms with Crippen LogP contribution in [0, 0.1) is 0 Å². The first-order valence-corrected chi connectivity index (χ1v) is 11.4. The van der Waals surface area contributed by atoms with Crippen LogP contribution >= 0.6 is 0 Å². The number of esters is 1. The minimum atomic E-state index is -2.11. The monoisotopic (exact) mass is 492 g/mol. The number of ether oxygens (including phenoxy) is 2. The summed E-state index contributed by atoms with van der Waals surface area (Å²) < 4.78 is 10.7. The predicted molar refractivity (Wildman–Crippen MR) is 132 cm³/mol. The molecule has 3 aromatic carbocycles. The van der Waals surface area contributed by atoms with Gasteiger partial charge in [-0.1, -0.05) is 48.5 Å². The summed E-state index contributed by atoms with van der Waals surface area (Å²) >= 11 is 0. The Morgan fingerprint density at radius 3 is 1.94 bits per heavy atom. The van der Waals surface area contributed by atoms with E-state index >= 15 is 0 Å². The summed E-state index contributed by atoms with van der Waals surface area (Å²) in [5, 5.41) is 25.3. The van der Waals surface area contributed by atoms with Crippen molar-refractivity contribution in [3.8, 4) is 11.5 Å². The quantitative estimate of drug-likeness (QED) is 0.302. The van der Waals surface area contributed by atoms with E-state index in [0.29, 0.717) is 17.2 Å². The Hall–Kier alpha value is -4.21. The Balaban J connectivity index is 1.58. The standard InChI is InChI=1S/C27H28N2O7/c1-2-35-27(34)22(17-18-9-5-3-6-10-18)29-26(33)24(31)23(30)25(32)28-19-13-15-21(16-14-19)36-20-11-7-4-8-12-20/h3-16,22-24,30-31H,2,17H2,1H3,(H,28,32)(H,29,33)/t22-,23+,24+/m0/s1. The lowest BCUT2D eigenvalue weighted by Gasteiger charge is -2.21. The number of nitrogens with one attached hydrogen (secondary N) is 2. The zero-order valence-corrected chi connectivity index (χ0v) is 19.7. The number of hydrogen-bond donors (Lipinski definition) is 4. The number of para-hydroxylation sites is 1. The highest BCUT2D eigenvalue weighted by molar-refractivity contribution is 5.99. The molecule has 0 heterocycles. The van der Waals surface area contributed by atoms with E-state index in [9.17, 15) is 24.6 Å². The maximum Gasteiger partial charge on any atom is 0.328 e. The lowest BCUT2D eigenvalue weighted by atomic mass is 10.0. The summed E-state index contributed by atoms with van der Waals surface area (Å²) in [6, 6.07) is 23.3. The molecule has 3 aromatic rings. The zero-order chi connectivity index (χ0) is 25.9. The highest BCUT2D eigenvalue weighted by Crippen LogP contribution is 2.22. The molecule has 0 radical (unpaired) electrons. The molecule has 0 spiro atoms. The minimum absolute atomic E-state index is 0.1000. The molecule has 4 N–H and O–H groups in total. The van der Waals surface area contributed by atoms with E-state index in [-0.39, 0.29) is 13.0 Å². The van der Waals surface area contributed by atoms with Crippen LogP contribution in [0.2, 0.25) is 0 Å². The predicted octanol–water partition coefficient (Wildman–Crippen LogP) is 2.43. The highest BCUT2D eigenvalue weighted by Gasteiger charge is 2.33. The molecule has 0 aromatic heterocycles. The molecular weight excluding hydrogens is 464 g/mol. The molecule has 0 saturated heterocycles. The van der Waals surface area contributed by atoms with Crippen LogP contribution in [0.25, 0.3) is 0 Å². The van der Waals surface area contributed by atoms with Crippen molar-refractivity contribution in [2.45, 2.75) is 31.6 Å². The molecule has 188 valence electrons. The van der Waals surface area contributed by atoms with Gasteiger partial charge in [0.2, 0.25) is 0 Å². The molecule has 0 aliphatic heterocycles. The van der Waals surface area contributed by atoms with Crippen molar-refractivity contribution >= 4 is 23.5 Å². The van der Waals surface area contributed by atoms with Gasteiger partial charge in [-0.3, -0.25) is 9.59 Å². The molecule has 3 rings (SSSR count). The fraction of sp³-hybridized carbons (Fsp3) is 0.222. The third-order valence-corrected chi connectivity index (χ3v) is 5.11. The van der Waals surface area contributed by atoms with Crippen molar-refractivity contribution in [1.82, 2.24) is 5.32 Å². The highest BCUT2D eigenvalue weighted by atomic mass is 16.5. The molecule has 0 unspecified atom stereocenters. The first-order chi connectivity index (χ1) is 17.4. The van der Waals surface area contributed by atoms with Gasteiger partial charge in [-0.25, -0.2) is 4.79 Å². The number of aliphatic hydroxyl groups excluding tert-OH is 2. The van der Waals surface area contributed by atoms with Crippen LogP contribution in [0.4, 0.5) is 5.69 Å². The Labute approximate surface area is 208 Å². The van der Waals surface area contributed by atoms with E-state index in [4.69, 9.17) is 9.47 Å². The maximum absolute atomic E-state index is 12.5. The summed E-state index contributed by atoms with van der Waals surface area (Å²) in [6.45, 7) is 1.73. The molecule has 9 heteroatoms. The number of carbonyl (C=O) groups excluding carboxylic acids is 3. The van der Waals surface area contributed by atoms with Gasteiger partial charge >= 0.3 is 5.97 Å². The van der Waals surface area contributed by atoms with Crippen LogP contribution < -0.4 is 15.4 Å². The lowest BCUT2D eigenvalue weighted by molar-refractivity contribution is -0.150. The Bertz CT molecular complexity index is 1140. The van der Waals surface area contributed by atoms with Gasteiger partial charge in [-0.15, -0.1) is 0 Å². The Morgan fingerprint density at radius 2 is 1.33 bits per heavy atom. The fourth-order valence-electron chi connectivity index (χ4n) is 3.28. The average molecular weight is 493 g/mol. The molecule has 0 aliphatic rings. The van der Waals surface area contributed by atoms with Gasteiger partial charge in [-0.05, 0) is 48.9 Å². The summed E-state index contributed by atoms with van der Waals surface area (Å²) in [5.74, 6) is -1.60. The average Bonchev–Trinajstić information content (AvgIpc) is 2.89. The summed E-state index contributed by atoms with van der Waals surface area (Å²) in [5.41, 5.74) is 1.07. The van der Waals surface area contributed by atoms with E-state index in [2.05, 4.69) is 10.6 Å². The van der Waals surface area contributed by atoms with Crippen LogP contribution in [0.1, 0.15) is 12.5 Å². The molecular formula is C27H28N2O7. The smallest absolute Gasteiger partial charge is 0.328 e. The zero-order valence-electron chi connectivity index (χ0n) is 19.7. The number of benzene rings is 3. The van der Waals surface area contributed by atoms with Crippen molar-refractivity contribution in [2.75, 3.05) is 11.9 Å². The summed E-state index contributed by atoms with van der Waals surface area (Å²) in [6.07, 6.45) is -4.08. The van der Waals surface area contributed by atoms with Crippen molar-refractivity contribution < 1.29 is 34.1 Å². The second kappa shape index (κ2) is 13.0. The third-order valence-electron chi connectivity index (χ3n) is 5.11. The van der Waals surface area contributed by atoms with Crippen molar-refractivity contribution in [1.29, 1.82) is 0 Å². The molecule has 0 saturated carbocycles. The van der Waals surface area contributed by atoms with Crippen LogP contribution in [0.5, 0.6) is 11.5 Å². The second-order valence-corrected chi connectivity index (χ2v) is 7.82. The minimum Gasteiger partial charge on any atom is -0.464 e. The molecule has 3 atom stereocenters. The Kier molecular flexibility index (Phi) is 9.56. The molecule has 0 fully saturated rings. The number of hydrogen-bond acceptors (Lipinski definition) is 7. The molecule has 9 nitrogen and oxygen atoms in total. The maximum atomic E-state index is 12.5. The van der Waals surface area contributed by atoms with Gasteiger partial charge < -0.3 is 30.3 Å². The van der Waals surface area contributed by atoms with Gasteiger partial charge in [0.25, 0.3) is 11.8 Å². The van der Waals surface area contributed by atoms with Crippen molar-refractivity contribution in [2.24, 2.45) is 0 Å². The molecule has 0 bridgehead atoms. The van der Waals surface area contributed by atoms with E-state index in [1.165, 1.54) is 0 Å². The van der Waals surface area contributed by atoms with Crippen LogP contribution in [0.3, 0.4) is 0 Å². The normalized spacial score (nSPS) is 13.1. The van der Waals surface area contributed by atoms with Gasteiger partial charge in [0.1, 0.15) is 17.5 Å². The molecule has 0 aliphatic carbocycles. The Morgan fingerprint density at radius 1 is 0.778 bits per heavy atom. The molecule has 36 heavy (non-hydrogen) atoms. The lowest BCUT2D eigenvalue weighted by Crippen LogP contribution is -2.52. The first-order valence-electron chi connectivity index (χ1n) is 11.4. The number of carbonyl (C=O) groups is 3. The SMILES string of the molecule is CCOC(=O)[C@H](Cc1ccccc1)NC(=O)[C@H](O)[C@@H](O)C(=O)Nc1ccc(Oc2ccccc2)cc1. The summed E-state index contributed by atoms with van der Waals surface area (Å²) in [7, 11) is 0. The molecule has 2 amide bonds. The van der Waals surface area contributed by atoms with E-state index in [0.717, 1.165) is 5.56 Å². The number of amides is 2. The van der Waals surface area contributed by atoms with Crippen LogP contribution in [-0.4, -0.2) is 52.9 Å². The van der Waals surface area contributed by atoms with Gasteiger partial charge in [-0.2, -0.15) is 0 Å². The largest absolute Gasteiger partial charge is 0.464 e. The fourth-order valence-corrected chi connectivity index (χ4v) is 3.28. The van der Waals surface area contributed by atoms with E-state index in [1.807, 2.05) is 24.3 Å². The topological polar surface area (TPSA) is 134 Å². The first kappa shape index (κ1) is 26.4.